The third-order valence-electron chi connectivity index (χ3n) is 7.49. The van der Waals surface area contributed by atoms with Crippen LogP contribution in [0.3, 0.4) is 0 Å². The van der Waals surface area contributed by atoms with Gasteiger partial charge in [0.25, 0.3) is 6.43 Å². The number of aromatic nitrogens is 2. The number of fused-ring (bicyclic) bond motifs is 3. The van der Waals surface area contributed by atoms with E-state index >= 15 is 0 Å². The van der Waals surface area contributed by atoms with Crippen LogP contribution in [0.1, 0.15) is 40.9 Å². The molecule has 1 atom stereocenters. The van der Waals surface area contributed by atoms with E-state index in [9.17, 15) is 8.78 Å². The van der Waals surface area contributed by atoms with Gasteiger partial charge in [-0.2, -0.15) is 0 Å². The van der Waals surface area contributed by atoms with Crippen LogP contribution in [-0.2, 0) is 6.42 Å². The Morgan fingerprint density at radius 1 is 1.26 bits per heavy atom. The molecule has 2 aromatic heterocycles. The summed E-state index contributed by atoms with van der Waals surface area (Å²) >= 11 is 8.89. The highest BCUT2D eigenvalue weighted by molar-refractivity contribution is 8.03. The molecule has 8 nitrogen and oxygen atoms in total. The van der Waals surface area contributed by atoms with Gasteiger partial charge >= 0.3 is 0 Å². The number of piperidine rings is 1. The number of thioether (sulfide) groups is 1. The second kappa shape index (κ2) is 9.74. The SMILES string of the molecule is CN1C2=NC(N3CCC4(CC3)Cc3nc(C(F)F)sc3C4N)=CC=NC1=C(Sc1ccnc(N)c1Cl)C=C2. The second-order valence-corrected chi connectivity index (χ2v) is 12.2. The smallest absolute Gasteiger partial charge is 0.289 e. The van der Waals surface area contributed by atoms with Crippen molar-refractivity contribution < 1.29 is 8.78 Å². The van der Waals surface area contributed by atoms with Crippen LogP contribution in [0.5, 0.6) is 0 Å². The molecule has 4 aliphatic rings. The number of anilines is 1. The zero-order chi connectivity index (χ0) is 26.6. The average molecular weight is 575 g/mol. The van der Waals surface area contributed by atoms with E-state index in [0.29, 0.717) is 11.4 Å². The molecule has 1 fully saturated rings. The zero-order valence-electron chi connectivity index (χ0n) is 20.4. The molecule has 2 aromatic rings. The van der Waals surface area contributed by atoms with E-state index in [1.807, 2.05) is 36.2 Å². The number of nitrogens with two attached hydrogens (primary N) is 2. The molecule has 4 N–H and O–H groups in total. The molecule has 1 unspecified atom stereocenters. The molecule has 0 aromatic carbocycles. The topological polar surface area (TPSA) is 109 Å². The predicted molar refractivity (Wildman–Crippen MR) is 148 cm³/mol. The lowest BCUT2D eigenvalue weighted by Crippen LogP contribution is -2.44. The van der Waals surface area contributed by atoms with E-state index < -0.39 is 6.43 Å². The predicted octanol–water partition coefficient (Wildman–Crippen LogP) is 5.14. The van der Waals surface area contributed by atoms with Gasteiger partial charge in [0.15, 0.2) is 5.01 Å². The molecule has 5 heterocycles. The molecular weight excluding hydrogens is 550 g/mol. The number of halogens is 3. The minimum Gasteiger partial charge on any atom is -0.382 e. The molecule has 0 amide bonds. The number of likely N-dealkylation sites (N-methyl/N-ethyl adjacent to an activating group) is 1. The number of pyridine rings is 1. The van der Waals surface area contributed by atoms with Gasteiger partial charge in [-0.25, -0.2) is 28.7 Å². The summed E-state index contributed by atoms with van der Waals surface area (Å²) in [5.41, 5.74) is 13.1. The Balaban J connectivity index is 1.19. The number of alkyl halides is 2. The van der Waals surface area contributed by atoms with E-state index in [1.54, 1.807) is 12.4 Å². The highest BCUT2D eigenvalue weighted by Crippen LogP contribution is 2.53. The minimum absolute atomic E-state index is 0.125. The van der Waals surface area contributed by atoms with Crippen molar-refractivity contribution >= 4 is 52.6 Å². The van der Waals surface area contributed by atoms with Crippen LogP contribution in [0.15, 0.2) is 61.9 Å². The number of allylic oxidation sites excluding steroid dienone is 2. The number of aliphatic imine (C=N–C) groups is 2. The number of likely N-dealkylation sites (tertiary alicyclic amines) is 1. The summed E-state index contributed by atoms with van der Waals surface area (Å²) in [6, 6.07) is 1.56. The fraction of sp³-hybridized carbons (Fsp3) is 0.360. The van der Waals surface area contributed by atoms with E-state index in [2.05, 4.69) is 14.9 Å². The summed E-state index contributed by atoms with van der Waals surface area (Å²) in [7, 11) is 1.93. The maximum atomic E-state index is 13.1. The fourth-order valence-corrected chi connectivity index (χ4v) is 7.62. The molecule has 13 heteroatoms. The molecule has 198 valence electrons. The number of hydrogen-bond donors (Lipinski definition) is 2. The van der Waals surface area contributed by atoms with Crippen molar-refractivity contribution in [1.29, 1.82) is 0 Å². The van der Waals surface area contributed by atoms with Crippen molar-refractivity contribution in [2.24, 2.45) is 21.1 Å². The summed E-state index contributed by atoms with van der Waals surface area (Å²) < 4.78 is 26.2. The Kier molecular flexibility index (Phi) is 6.53. The fourth-order valence-electron chi connectivity index (χ4n) is 5.33. The largest absolute Gasteiger partial charge is 0.382 e. The third-order valence-corrected chi connectivity index (χ3v) is 10.3. The van der Waals surface area contributed by atoms with E-state index in [-0.39, 0.29) is 22.3 Å². The highest BCUT2D eigenvalue weighted by Gasteiger charge is 2.48. The summed E-state index contributed by atoms with van der Waals surface area (Å²) in [5, 5.41) is 0.295. The first-order chi connectivity index (χ1) is 18.3. The van der Waals surface area contributed by atoms with Crippen LogP contribution in [0.4, 0.5) is 14.6 Å². The summed E-state index contributed by atoms with van der Waals surface area (Å²) in [4.78, 5) is 24.6. The Morgan fingerprint density at radius 2 is 2.05 bits per heavy atom. The number of rotatable bonds is 4. The molecule has 1 aliphatic carbocycles. The van der Waals surface area contributed by atoms with Crippen LogP contribution in [-0.4, -0.2) is 52.0 Å². The second-order valence-electron chi connectivity index (χ2n) is 9.63. The van der Waals surface area contributed by atoms with Gasteiger partial charge in [-0.3, -0.25) is 0 Å². The normalized spacial score (nSPS) is 22.1. The Bertz CT molecular complexity index is 1440. The molecular formula is C25H25ClF2N8S2. The van der Waals surface area contributed by atoms with Crippen molar-refractivity contribution in [3.63, 3.8) is 0 Å². The molecule has 1 saturated heterocycles. The molecule has 38 heavy (non-hydrogen) atoms. The standard InChI is InChI=1S/C25H25ClF2N8S2/c1-35-16-3-2-15(37-14-4-8-31-22(30)18(14)26)23(35)32-9-5-17(34-16)36-10-6-25(7-11-36)12-13-19(20(25)29)38-24(33-13)21(27)28/h2-5,8-9,20-21H,6-7,10-12,29H2,1H3,(H2,30,31). The van der Waals surface area contributed by atoms with Crippen LogP contribution < -0.4 is 11.5 Å². The Labute approximate surface area is 231 Å². The van der Waals surface area contributed by atoms with Gasteiger partial charge in [0.05, 0.1) is 15.6 Å². The molecule has 3 aliphatic heterocycles. The van der Waals surface area contributed by atoms with Crippen molar-refractivity contribution in [3.8, 4) is 0 Å². The number of nitrogen functional groups attached to an aromatic ring is 1. The van der Waals surface area contributed by atoms with Crippen LogP contribution in [0, 0.1) is 5.41 Å². The molecule has 0 radical (unpaired) electrons. The Morgan fingerprint density at radius 3 is 2.79 bits per heavy atom. The first kappa shape index (κ1) is 25.5. The van der Waals surface area contributed by atoms with Crippen molar-refractivity contribution in [1.82, 2.24) is 19.8 Å². The van der Waals surface area contributed by atoms with E-state index in [4.69, 9.17) is 33.1 Å². The monoisotopic (exact) mass is 574 g/mol. The molecule has 2 bridgehead atoms. The van der Waals surface area contributed by atoms with Crippen LogP contribution >= 0.6 is 34.7 Å². The van der Waals surface area contributed by atoms with Crippen LogP contribution in [0.2, 0.25) is 5.02 Å². The quantitative estimate of drug-likeness (QED) is 0.520. The number of thiazole rings is 1. The van der Waals surface area contributed by atoms with E-state index in [1.165, 1.54) is 11.8 Å². The van der Waals surface area contributed by atoms with Gasteiger partial charge in [0.2, 0.25) is 0 Å². The first-order valence-electron chi connectivity index (χ1n) is 12.1. The maximum absolute atomic E-state index is 13.1. The van der Waals surface area contributed by atoms with Gasteiger partial charge in [0.1, 0.15) is 23.3 Å². The Hall–Kier alpha value is -2.80. The lowest BCUT2D eigenvalue weighted by atomic mass is 9.74. The first-order valence-corrected chi connectivity index (χ1v) is 14.1. The molecule has 1 spiro atoms. The van der Waals surface area contributed by atoms with Crippen LogP contribution in [0.25, 0.3) is 0 Å². The maximum Gasteiger partial charge on any atom is 0.289 e. The highest BCUT2D eigenvalue weighted by atomic mass is 35.5. The van der Waals surface area contributed by atoms with Gasteiger partial charge in [0, 0.05) is 48.4 Å². The molecule has 0 saturated carbocycles. The number of nitrogens with zero attached hydrogens (tertiary/aromatic N) is 6. The molecule has 6 rings (SSSR count). The van der Waals surface area contributed by atoms with Crippen molar-refractivity contribution in [2.45, 2.75) is 36.6 Å². The van der Waals surface area contributed by atoms with Crippen molar-refractivity contribution in [3.05, 3.63) is 67.6 Å². The van der Waals surface area contributed by atoms with Gasteiger partial charge in [-0.05, 0) is 49.0 Å². The van der Waals surface area contributed by atoms with Gasteiger partial charge < -0.3 is 21.3 Å². The van der Waals surface area contributed by atoms with Gasteiger partial charge in [-0.15, -0.1) is 11.3 Å². The third kappa shape index (κ3) is 4.33. The zero-order valence-corrected chi connectivity index (χ0v) is 22.8. The lowest BCUT2D eigenvalue weighted by molar-refractivity contribution is 0.109. The summed E-state index contributed by atoms with van der Waals surface area (Å²) in [6.45, 7) is 1.53. The number of amidine groups is 1. The summed E-state index contributed by atoms with van der Waals surface area (Å²) in [5.74, 6) is 2.65. The average Bonchev–Trinajstić information content (AvgIpc) is 3.42. The van der Waals surface area contributed by atoms with Gasteiger partial charge in [-0.1, -0.05) is 23.4 Å². The van der Waals surface area contributed by atoms with Crippen molar-refractivity contribution in [2.75, 3.05) is 25.9 Å². The lowest BCUT2D eigenvalue weighted by Gasteiger charge is -2.43. The number of hydrogen-bond acceptors (Lipinski definition) is 10. The van der Waals surface area contributed by atoms with E-state index in [0.717, 1.165) is 75.1 Å². The minimum atomic E-state index is -2.55. The summed E-state index contributed by atoms with van der Waals surface area (Å²) in [6.07, 6.45) is 9.05.